The second kappa shape index (κ2) is 5.52. The van der Waals surface area contributed by atoms with Gasteiger partial charge in [0.05, 0.1) is 0 Å². The van der Waals surface area contributed by atoms with Crippen LogP contribution in [0.2, 0.25) is 0 Å². The summed E-state index contributed by atoms with van der Waals surface area (Å²) in [6.45, 7) is 11.6. The molecule has 0 N–H and O–H groups in total. The molecule has 0 atom stereocenters. The number of hydrogen-bond donors (Lipinski definition) is 0. The Morgan fingerprint density at radius 3 is 1.94 bits per heavy atom. The van der Waals surface area contributed by atoms with Gasteiger partial charge in [0.15, 0.2) is 0 Å². The average molecular weight is 218 g/mol. The van der Waals surface area contributed by atoms with Gasteiger partial charge in [0.2, 0.25) is 0 Å². The number of rotatable bonds is 5. The van der Waals surface area contributed by atoms with Crippen LogP contribution in [0.15, 0.2) is 24.3 Å². The van der Waals surface area contributed by atoms with E-state index < -0.39 is 0 Å². The van der Waals surface area contributed by atoms with Crippen molar-refractivity contribution >= 4 is 0 Å². The lowest BCUT2D eigenvalue weighted by molar-refractivity contribution is 0.248. The van der Waals surface area contributed by atoms with Gasteiger partial charge < -0.3 is 0 Å². The fourth-order valence-electron chi connectivity index (χ4n) is 1.84. The summed E-state index contributed by atoms with van der Waals surface area (Å²) in [7, 11) is 0. The van der Waals surface area contributed by atoms with E-state index in [2.05, 4.69) is 58.9 Å². The third-order valence-corrected chi connectivity index (χ3v) is 3.78. The molecule has 0 radical (unpaired) electrons. The van der Waals surface area contributed by atoms with Crippen LogP contribution in [0, 0.1) is 11.3 Å². The molecule has 0 saturated carbocycles. The van der Waals surface area contributed by atoms with Crippen molar-refractivity contribution in [2.75, 3.05) is 0 Å². The molecule has 90 valence electrons. The molecule has 0 spiro atoms. The first-order chi connectivity index (χ1) is 7.45. The summed E-state index contributed by atoms with van der Waals surface area (Å²) in [4.78, 5) is 0. The van der Waals surface area contributed by atoms with Crippen molar-refractivity contribution in [3.63, 3.8) is 0 Å². The molecule has 0 amide bonds. The van der Waals surface area contributed by atoms with Gasteiger partial charge in [-0.25, -0.2) is 0 Å². The smallest absolute Gasteiger partial charge is 0.0225 e. The number of aryl methyl sites for hydroxylation is 1. The maximum atomic E-state index is 2.36. The minimum Gasteiger partial charge on any atom is -0.0651 e. The van der Waals surface area contributed by atoms with Crippen molar-refractivity contribution in [3.05, 3.63) is 35.4 Å². The van der Waals surface area contributed by atoms with Crippen molar-refractivity contribution in [1.29, 1.82) is 0 Å². The molecule has 0 heterocycles. The second-order valence-electron chi connectivity index (χ2n) is 5.89. The third-order valence-electron chi connectivity index (χ3n) is 3.78. The van der Waals surface area contributed by atoms with Gasteiger partial charge >= 0.3 is 0 Å². The van der Waals surface area contributed by atoms with Gasteiger partial charge in [0, 0.05) is 0 Å². The van der Waals surface area contributed by atoms with E-state index in [-0.39, 0.29) is 0 Å². The Labute approximate surface area is 101 Å². The molecule has 1 aromatic carbocycles. The van der Waals surface area contributed by atoms with E-state index in [0.29, 0.717) is 5.41 Å². The zero-order valence-corrected chi connectivity index (χ0v) is 11.5. The summed E-state index contributed by atoms with van der Waals surface area (Å²) in [5, 5.41) is 0. The molecule has 0 heteroatoms. The summed E-state index contributed by atoms with van der Waals surface area (Å²) in [5.41, 5.74) is 3.33. The van der Waals surface area contributed by atoms with Crippen LogP contribution in [0.1, 0.15) is 52.2 Å². The highest BCUT2D eigenvalue weighted by atomic mass is 14.3. The van der Waals surface area contributed by atoms with Crippen molar-refractivity contribution in [2.45, 2.75) is 53.9 Å². The number of hydrogen-bond acceptors (Lipinski definition) is 0. The minimum absolute atomic E-state index is 0.395. The zero-order chi connectivity index (χ0) is 12.2. The molecule has 0 aromatic heterocycles. The summed E-state index contributed by atoms with van der Waals surface area (Å²) < 4.78 is 0. The van der Waals surface area contributed by atoms with E-state index in [9.17, 15) is 0 Å². The molecule has 1 rings (SSSR count). The van der Waals surface area contributed by atoms with Gasteiger partial charge in [-0.15, -0.1) is 0 Å². The van der Waals surface area contributed by atoms with Crippen LogP contribution in [0.25, 0.3) is 0 Å². The highest BCUT2D eigenvalue weighted by Crippen LogP contribution is 2.30. The molecular weight excluding hydrogens is 192 g/mol. The second-order valence-corrected chi connectivity index (χ2v) is 5.89. The molecule has 0 aliphatic heterocycles. The largest absolute Gasteiger partial charge is 0.0651 e. The summed E-state index contributed by atoms with van der Waals surface area (Å²) >= 11 is 0. The topological polar surface area (TPSA) is 0 Å². The summed E-state index contributed by atoms with van der Waals surface area (Å²) in [5.74, 6) is 0.725. The minimum atomic E-state index is 0.395. The maximum absolute atomic E-state index is 2.36. The summed E-state index contributed by atoms with van der Waals surface area (Å²) in [6.07, 6.45) is 3.61. The van der Waals surface area contributed by atoms with Gasteiger partial charge in [-0.1, -0.05) is 65.3 Å². The first-order valence-corrected chi connectivity index (χ1v) is 6.53. The van der Waals surface area contributed by atoms with Crippen LogP contribution in [-0.2, 0) is 12.8 Å². The van der Waals surface area contributed by atoms with Crippen molar-refractivity contribution in [2.24, 2.45) is 11.3 Å². The highest BCUT2D eigenvalue weighted by molar-refractivity contribution is 5.23. The van der Waals surface area contributed by atoms with E-state index in [1.807, 2.05) is 0 Å². The molecule has 0 aliphatic carbocycles. The number of benzene rings is 1. The molecule has 0 bridgehead atoms. The Morgan fingerprint density at radius 2 is 1.50 bits per heavy atom. The van der Waals surface area contributed by atoms with E-state index >= 15 is 0 Å². The van der Waals surface area contributed by atoms with Crippen LogP contribution in [-0.4, -0.2) is 0 Å². The quantitative estimate of drug-likeness (QED) is 0.662. The fraction of sp³-hybridized carbons (Fsp3) is 0.625. The summed E-state index contributed by atoms with van der Waals surface area (Å²) in [6, 6.07) is 9.18. The predicted molar refractivity (Wildman–Crippen MR) is 72.8 cm³/mol. The van der Waals surface area contributed by atoms with Crippen LogP contribution in [0.3, 0.4) is 0 Å². The first-order valence-electron chi connectivity index (χ1n) is 6.53. The average Bonchev–Trinajstić information content (AvgIpc) is 2.21. The lowest BCUT2D eigenvalue weighted by atomic mass is 9.76. The Morgan fingerprint density at radius 1 is 1.00 bits per heavy atom. The van der Waals surface area contributed by atoms with Crippen molar-refractivity contribution < 1.29 is 0 Å². The molecule has 16 heavy (non-hydrogen) atoms. The van der Waals surface area contributed by atoms with Gasteiger partial charge in [0.25, 0.3) is 0 Å². The molecule has 0 unspecified atom stereocenters. The third kappa shape index (κ3) is 3.66. The normalized spacial score (nSPS) is 12.1. The van der Waals surface area contributed by atoms with Crippen LogP contribution in [0.4, 0.5) is 0 Å². The fourth-order valence-corrected chi connectivity index (χ4v) is 1.84. The SMILES string of the molecule is CCCc1ccc(CC(C)(C)C(C)C)cc1. The van der Waals surface area contributed by atoms with E-state index in [1.54, 1.807) is 0 Å². The van der Waals surface area contributed by atoms with Crippen LogP contribution in [0.5, 0.6) is 0 Å². The van der Waals surface area contributed by atoms with Gasteiger partial charge in [0.1, 0.15) is 0 Å². The Bertz CT molecular complexity index is 303. The van der Waals surface area contributed by atoms with Crippen LogP contribution >= 0.6 is 0 Å². The molecule has 1 aromatic rings. The van der Waals surface area contributed by atoms with E-state index in [4.69, 9.17) is 0 Å². The molecule has 0 fully saturated rings. The van der Waals surface area contributed by atoms with Gasteiger partial charge in [-0.3, -0.25) is 0 Å². The van der Waals surface area contributed by atoms with Crippen LogP contribution < -0.4 is 0 Å². The van der Waals surface area contributed by atoms with Gasteiger partial charge in [-0.2, -0.15) is 0 Å². The zero-order valence-electron chi connectivity index (χ0n) is 11.5. The molecule has 0 saturated heterocycles. The molecule has 0 nitrogen and oxygen atoms in total. The van der Waals surface area contributed by atoms with Crippen molar-refractivity contribution in [3.8, 4) is 0 Å². The van der Waals surface area contributed by atoms with E-state index in [0.717, 1.165) is 5.92 Å². The standard InChI is InChI=1S/C16H26/c1-6-7-14-8-10-15(11-9-14)12-16(4,5)13(2)3/h8-11,13H,6-7,12H2,1-5H3. The first kappa shape index (κ1) is 13.3. The van der Waals surface area contributed by atoms with E-state index in [1.165, 1.54) is 30.4 Å². The monoisotopic (exact) mass is 218 g/mol. The van der Waals surface area contributed by atoms with Crippen molar-refractivity contribution in [1.82, 2.24) is 0 Å². The maximum Gasteiger partial charge on any atom is -0.0225 e. The molecule has 0 aliphatic rings. The molecular formula is C16H26. The highest BCUT2D eigenvalue weighted by Gasteiger charge is 2.22. The predicted octanol–water partition coefficient (Wildman–Crippen LogP) is 4.86. The van der Waals surface area contributed by atoms with Gasteiger partial charge in [-0.05, 0) is 35.3 Å². The Balaban J connectivity index is 2.68. The lowest BCUT2D eigenvalue weighted by Gasteiger charge is -2.29. The Kier molecular flexibility index (Phi) is 4.58. The lowest BCUT2D eigenvalue weighted by Crippen LogP contribution is -2.21. The Hall–Kier alpha value is -0.780.